The van der Waals surface area contributed by atoms with Crippen molar-refractivity contribution in [2.75, 3.05) is 5.32 Å². The summed E-state index contributed by atoms with van der Waals surface area (Å²) in [5, 5.41) is 4.49. The van der Waals surface area contributed by atoms with Gasteiger partial charge in [0, 0.05) is 22.7 Å². The summed E-state index contributed by atoms with van der Waals surface area (Å²) in [6, 6.07) is 5.68. The molecule has 0 bridgehead atoms. The maximum Gasteiger partial charge on any atom is 0.138 e. The molecule has 1 N–H and O–H groups in total. The van der Waals surface area contributed by atoms with Crippen molar-refractivity contribution in [1.82, 2.24) is 9.97 Å². The molecule has 0 unspecified atom stereocenters. The minimum absolute atomic E-state index is 0.487. The SMILES string of the molecule is CCc1nc(Cl)c(C)c(Nc2ccc(Cl)cc2C)n1. The third kappa shape index (κ3) is 3.17. The van der Waals surface area contributed by atoms with E-state index in [4.69, 9.17) is 23.2 Å². The van der Waals surface area contributed by atoms with Gasteiger partial charge in [-0.05, 0) is 37.6 Å². The molecule has 2 rings (SSSR count). The summed E-state index contributed by atoms with van der Waals surface area (Å²) in [7, 11) is 0. The van der Waals surface area contributed by atoms with E-state index in [9.17, 15) is 0 Å². The molecular formula is C14H15Cl2N3. The van der Waals surface area contributed by atoms with Crippen LogP contribution in [0.5, 0.6) is 0 Å². The number of nitrogens with one attached hydrogen (secondary N) is 1. The quantitative estimate of drug-likeness (QED) is 0.834. The van der Waals surface area contributed by atoms with Crippen molar-refractivity contribution in [3.63, 3.8) is 0 Å². The molecule has 0 atom stereocenters. The first-order chi connectivity index (χ1) is 9.01. The van der Waals surface area contributed by atoms with Gasteiger partial charge in [0.05, 0.1) is 0 Å². The molecule has 0 saturated heterocycles. The summed E-state index contributed by atoms with van der Waals surface area (Å²) in [6.45, 7) is 5.89. The zero-order valence-corrected chi connectivity index (χ0v) is 12.6. The minimum atomic E-state index is 0.487. The Morgan fingerprint density at radius 2 is 1.89 bits per heavy atom. The predicted octanol–water partition coefficient (Wildman–Crippen LogP) is 4.71. The number of halogens is 2. The number of anilines is 2. The van der Waals surface area contributed by atoms with E-state index < -0.39 is 0 Å². The lowest BCUT2D eigenvalue weighted by atomic mass is 10.2. The molecule has 1 heterocycles. The molecule has 3 nitrogen and oxygen atoms in total. The molecule has 0 aliphatic carbocycles. The Morgan fingerprint density at radius 3 is 2.53 bits per heavy atom. The molecule has 0 fully saturated rings. The van der Waals surface area contributed by atoms with Gasteiger partial charge in [-0.3, -0.25) is 0 Å². The molecule has 2 aromatic rings. The van der Waals surface area contributed by atoms with Crippen LogP contribution >= 0.6 is 23.2 Å². The van der Waals surface area contributed by atoms with Gasteiger partial charge in [-0.1, -0.05) is 30.1 Å². The van der Waals surface area contributed by atoms with Crippen molar-refractivity contribution < 1.29 is 0 Å². The lowest BCUT2D eigenvalue weighted by molar-refractivity contribution is 0.934. The van der Waals surface area contributed by atoms with Crippen molar-refractivity contribution in [2.45, 2.75) is 27.2 Å². The minimum Gasteiger partial charge on any atom is -0.340 e. The number of aromatic nitrogens is 2. The Hall–Kier alpha value is -1.32. The van der Waals surface area contributed by atoms with E-state index in [1.165, 1.54) is 0 Å². The molecule has 0 aliphatic rings. The van der Waals surface area contributed by atoms with Gasteiger partial charge in [-0.15, -0.1) is 0 Å². The van der Waals surface area contributed by atoms with Gasteiger partial charge in [-0.2, -0.15) is 0 Å². The zero-order valence-electron chi connectivity index (χ0n) is 11.1. The van der Waals surface area contributed by atoms with E-state index in [2.05, 4.69) is 15.3 Å². The van der Waals surface area contributed by atoms with Gasteiger partial charge in [0.15, 0.2) is 0 Å². The highest BCUT2D eigenvalue weighted by Gasteiger charge is 2.09. The number of nitrogens with zero attached hydrogens (tertiary/aromatic N) is 2. The zero-order chi connectivity index (χ0) is 14.0. The molecule has 19 heavy (non-hydrogen) atoms. The second-order valence-corrected chi connectivity index (χ2v) is 5.14. The lowest BCUT2D eigenvalue weighted by Gasteiger charge is -2.13. The smallest absolute Gasteiger partial charge is 0.138 e. The maximum absolute atomic E-state index is 6.12. The summed E-state index contributed by atoms with van der Waals surface area (Å²) in [5.74, 6) is 1.46. The molecule has 100 valence electrons. The van der Waals surface area contributed by atoms with Crippen LogP contribution < -0.4 is 5.32 Å². The van der Waals surface area contributed by atoms with Crippen LogP contribution in [-0.2, 0) is 6.42 Å². The summed E-state index contributed by atoms with van der Waals surface area (Å²) < 4.78 is 0. The summed E-state index contributed by atoms with van der Waals surface area (Å²) in [5.41, 5.74) is 2.86. The van der Waals surface area contributed by atoms with Gasteiger partial charge in [-0.25, -0.2) is 9.97 Å². The van der Waals surface area contributed by atoms with Crippen molar-refractivity contribution in [1.29, 1.82) is 0 Å². The fourth-order valence-corrected chi connectivity index (χ4v) is 2.12. The number of hydrogen-bond acceptors (Lipinski definition) is 3. The van der Waals surface area contributed by atoms with E-state index in [1.54, 1.807) is 0 Å². The average Bonchev–Trinajstić information content (AvgIpc) is 2.37. The molecule has 0 aliphatic heterocycles. The highest BCUT2D eigenvalue weighted by molar-refractivity contribution is 6.31. The predicted molar refractivity (Wildman–Crippen MR) is 80.6 cm³/mol. The van der Waals surface area contributed by atoms with Crippen molar-refractivity contribution in [3.8, 4) is 0 Å². The Labute approximate surface area is 123 Å². The summed E-state index contributed by atoms with van der Waals surface area (Å²) >= 11 is 12.1. The van der Waals surface area contributed by atoms with Gasteiger partial charge in [0.25, 0.3) is 0 Å². The van der Waals surface area contributed by atoms with Gasteiger partial charge in [0.1, 0.15) is 16.8 Å². The molecular weight excluding hydrogens is 281 g/mol. The average molecular weight is 296 g/mol. The topological polar surface area (TPSA) is 37.8 Å². The highest BCUT2D eigenvalue weighted by Crippen LogP contribution is 2.26. The van der Waals surface area contributed by atoms with E-state index in [0.29, 0.717) is 5.15 Å². The van der Waals surface area contributed by atoms with Crippen LogP contribution in [0, 0.1) is 13.8 Å². The Morgan fingerprint density at radius 1 is 1.16 bits per heavy atom. The largest absolute Gasteiger partial charge is 0.340 e. The first-order valence-corrected chi connectivity index (χ1v) is 6.83. The van der Waals surface area contributed by atoms with Crippen molar-refractivity contribution in [3.05, 3.63) is 45.3 Å². The van der Waals surface area contributed by atoms with Crippen LogP contribution in [0.4, 0.5) is 11.5 Å². The Bertz CT molecular complexity index is 612. The van der Waals surface area contributed by atoms with Crippen molar-refractivity contribution >= 4 is 34.7 Å². The maximum atomic E-state index is 6.12. The summed E-state index contributed by atoms with van der Waals surface area (Å²) in [4.78, 5) is 8.69. The Balaban J connectivity index is 2.40. The molecule has 5 heteroatoms. The monoisotopic (exact) mass is 295 g/mol. The molecule has 0 saturated carbocycles. The van der Waals surface area contributed by atoms with Gasteiger partial charge < -0.3 is 5.32 Å². The van der Waals surface area contributed by atoms with Crippen LogP contribution in [0.15, 0.2) is 18.2 Å². The molecule has 1 aromatic carbocycles. The molecule has 1 aromatic heterocycles. The second kappa shape index (κ2) is 5.76. The van der Waals surface area contributed by atoms with Crippen LogP contribution in [-0.4, -0.2) is 9.97 Å². The van der Waals surface area contributed by atoms with E-state index in [1.807, 2.05) is 39.0 Å². The number of hydrogen-bond donors (Lipinski definition) is 1. The number of benzene rings is 1. The highest BCUT2D eigenvalue weighted by atomic mass is 35.5. The molecule has 0 amide bonds. The fraction of sp³-hybridized carbons (Fsp3) is 0.286. The normalized spacial score (nSPS) is 10.6. The standard InChI is InChI=1S/C14H15Cl2N3/c1-4-12-18-13(16)9(3)14(19-12)17-11-6-5-10(15)7-8(11)2/h5-7H,4H2,1-3H3,(H,17,18,19). The van der Waals surface area contributed by atoms with E-state index in [0.717, 1.165) is 39.9 Å². The summed E-state index contributed by atoms with van der Waals surface area (Å²) in [6.07, 6.45) is 0.744. The number of aryl methyl sites for hydroxylation is 2. The van der Waals surface area contributed by atoms with Crippen LogP contribution in [0.1, 0.15) is 23.9 Å². The first kappa shape index (κ1) is 14.1. The van der Waals surface area contributed by atoms with E-state index in [-0.39, 0.29) is 0 Å². The molecule has 0 radical (unpaired) electrons. The van der Waals surface area contributed by atoms with Gasteiger partial charge in [0.2, 0.25) is 0 Å². The van der Waals surface area contributed by atoms with E-state index >= 15 is 0 Å². The first-order valence-electron chi connectivity index (χ1n) is 6.07. The fourth-order valence-electron chi connectivity index (χ4n) is 1.71. The van der Waals surface area contributed by atoms with Crippen molar-refractivity contribution in [2.24, 2.45) is 0 Å². The lowest BCUT2D eigenvalue weighted by Crippen LogP contribution is -2.03. The third-order valence-corrected chi connectivity index (χ3v) is 3.49. The number of rotatable bonds is 3. The van der Waals surface area contributed by atoms with Crippen LogP contribution in [0.25, 0.3) is 0 Å². The molecule has 0 spiro atoms. The van der Waals surface area contributed by atoms with Crippen LogP contribution in [0.3, 0.4) is 0 Å². The van der Waals surface area contributed by atoms with Gasteiger partial charge >= 0.3 is 0 Å². The second-order valence-electron chi connectivity index (χ2n) is 4.34. The van der Waals surface area contributed by atoms with Crippen LogP contribution in [0.2, 0.25) is 10.2 Å². The third-order valence-electron chi connectivity index (χ3n) is 2.89. The Kier molecular flexibility index (Phi) is 4.27.